The van der Waals surface area contributed by atoms with Gasteiger partial charge in [-0.3, -0.25) is 4.79 Å². The molecule has 0 amide bonds. The lowest BCUT2D eigenvalue weighted by molar-refractivity contribution is 0.103. The molecule has 0 aromatic heterocycles. The Bertz CT molecular complexity index is 954. The summed E-state index contributed by atoms with van der Waals surface area (Å²) in [6, 6.07) is 21.8. The Labute approximate surface area is 150 Å². The predicted molar refractivity (Wildman–Crippen MR) is 97.9 cm³/mol. The van der Waals surface area contributed by atoms with Crippen LogP contribution in [0.15, 0.2) is 83.0 Å². The number of nitrogens with zero attached hydrogens (tertiary/aromatic N) is 2. The maximum Gasteiger partial charge on any atom is 0.195 e. The van der Waals surface area contributed by atoms with E-state index in [9.17, 15) is 4.79 Å². The number of azo groups is 1. The van der Waals surface area contributed by atoms with Crippen molar-refractivity contribution in [2.24, 2.45) is 10.2 Å². The van der Waals surface area contributed by atoms with Gasteiger partial charge >= 0.3 is 0 Å². The second-order valence-electron chi connectivity index (χ2n) is 5.74. The fourth-order valence-corrected chi connectivity index (χ4v) is 2.69. The highest BCUT2D eigenvalue weighted by Crippen LogP contribution is 2.38. The second kappa shape index (κ2) is 7.19. The molecular formula is C21H16N2O3. The number of carbonyl (C=O) groups is 1. The van der Waals surface area contributed by atoms with E-state index in [1.807, 2.05) is 48.5 Å². The Kier molecular flexibility index (Phi) is 4.43. The number of hydrogen-bond acceptors (Lipinski definition) is 5. The molecule has 0 fully saturated rings. The third-order valence-corrected chi connectivity index (χ3v) is 3.97. The van der Waals surface area contributed by atoms with Crippen LogP contribution in [0.25, 0.3) is 0 Å². The molecule has 0 bridgehead atoms. The fourth-order valence-electron chi connectivity index (χ4n) is 2.69. The first-order valence-electron chi connectivity index (χ1n) is 8.31. The van der Waals surface area contributed by atoms with Crippen molar-refractivity contribution in [2.45, 2.75) is 0 Å². The maximum absolute atomic E-state index is 13.0. The van der Waals surface area contributed by atoms with Gasteiger partial charge < -0.3 is 9.47 Å². The molecule has 1 heterocycles. The number of rotatable bonds is 4. The molecule has 0 atom stereocenters. The van der Waals surface area contributed by atoms with Crippen molar-refractivity contribution in [1.29, 1.82) is 0 Å². The Balaban J connectivity index is 1.78. The summed E-state index contributed by atoms with van der Waals surface area (Å²) in [4.78, 5) is 13.0. The minimum Gasteiger partial charge on any atom is -0.486 e. The topological polar surface area (TPSA) is 60.2 Å². The number of carbonyl (C=O) groups excluding carboxylic acids is 1. The second-order valence-corrected chi connectivity index (χ2v) is 5.74. The molecule has 26 heavy (non-hydrogen) atoms. The smallest absolute Gasteiger partial charge is 0.195 e. The van der Waals surface area contributed by atoms with Crippen molar-refractivity contribution in [3.63, 3.8) is 0 Å². The van der Waals surface area contributed by atoms with Crippen molar-refractivity contribution >= 4 is 17.2 Å². The van der Waals surface area contributed by atoms with Gasteiger partial charge in [0.1, 0.15) is 18.9 Å². The molecule has 5 heteroatoms. The van der Waals surface area contributed by atoms with Crippen molar-refractivity contribution in [2.75, 3.05) is 13.2 Å². The SMILES string of the molecule is O=C(c1ccccc1)c1cc2c(cc1N=Nc1ccccc1)OCCO2. The lowest BCUT2D eigenvalue weighted by Gasteiger charge is -2.19. The molecule has 0 N–H and O–H groups in total. The zero-order chi connectivity index (χ0) is 17.8. The molecule has 128 valence electrons. The van der Waals surface area contributed by atoms with Crippen molar-refractivity contribution in [3.05, 3.63) is 83.9 Å². The van der Waals surface area contributed by atoms with Crippen molar-refractivity contribution < 1.29 is 14.3 Å². The largest absolute Gasteiger partial charge is 0.486 e. The molecule has 1 aliphatic heterocycles. The molecule has 4 rings (SSSR count). The molecule has 1 aliphatic rings. The van der Waals surface area contributed by atoms with Crippen LogP contribution in [0.1, 0.15) is 15.9 Å². The standard InChI is InChI=1S/C21H16N2O3/c24-21(15-7-3-1-4-8-15)17-13-19-20(26-12-11-25-19)14-18(17)23-22-16-9-5-2-6-10-16/h1-10,13-14H,11-12H2. The van der Waals surface area contributed by atoms with E-state index in [0.29, 0.717) is 47.2 Å². The van der Waals surface area contributed by atoms with Gasteiger partial charge in [0.05, 0.1) is 11.3 Å². The number of hydrogen-bond donors (Lipinski definition) is 0. The zero-order valence-corrected chi connectivity index (χ0v) is 14.0. The highest BCUT2D eigenvalue weighted by Gasteiger charge is 2.21. The van der Waals surface area contributed by atoms with Crippen molar-refractivity contribution in [1.82, 2.24) is 0 Å². The van der Waals surface area contributed by atoms with E-state index in [1.165, 1.54) is 0 Å². The third kappa shape index (κ3) is 3.32. The Morgan fingerprint density at radius 1 is 0.769 bits per heavy atom. The summed E-state index contributed by atoms with van der Waals surface area (Å²) in [5, 5.41) is 8.54. The van der Waals surface area contributed by atoms with Crippen LogP contribution in [0, 0.1) is 0 Å². The van der Waals surface area contributed by atoms with Crippen LogP contribution in [0.3, 0.4) is 0 Å². The van der Waals surface area contributed by atoms with Gasteiger partial charge in [0.2, 0.25) is 0 Å². The van der Waals surface area contributed by atoms with Gasteiger partial charge in [-0.15, -0.1) is 5.11 Å². The lowest BCUT2D eigenvalue weighted by atomic mass is 10.0. The number of ketones is 1. The minimum atomic E-state index is -0.135. The first-order chi connectivity index (χ1) is 12.8. The average molecular weight is 344 g/mol. The number of fused-ring (bicyclic) bond motifs is 1. The van der Waals surface area contributed by atoms with E-state index >= 15 is 0 Å². The van der Waals surface area contributed by atoms with E-state index < -0.39 is 0 Å². The summed E-state index contributed by atoms with van der Waals surface area (Å²) in [7, 11) is 0. The predicted octanol–water partition coefficient (Wildman–Crippen LogP) is 5.10. The minimum absolute atomic E-state index is 0.135. The van der Waals surface area contributed by atoms with E-state index in [4.69, 9.17) is 9.47 Å². The Morgan fingerprint density at radius 3 is 2.08 bits per heavy atom. The van der Waals surface area contributed by atoms with Crippen LogP contribution in [-0.2, 0) is 0 Å². The van der Waals surface area contributed by atoms with Gasteiger partial charge in [-0.25, -0.2) is 0 Å². The van der Waals surface area contributed by atoms with Crippen LogP contribution < -0.4 is 9.47 Å². The summed E-state index contributed by atoms with van der Waals surface area (Å²) in [6.07, 6.45) is 0. The summed E-state index contributed by atoms with van der Waals surface area (Å²) < 4.78 is 11.2. The van der Waals surface area contributed by atoms with Gasteiger partial charge in [0.25, 0.3) is 0 Å². The van der Waals surface area contributed by atoms with Gasteiger partial charge in [-0.05, 0) is 18.2 Å². The van der Waals surface area contributed by atoms with E-state index in [-0.39, 0.29) is 5.78 Å². The van der Waals surface area contributed by atoms with E-state index in [0.717, 1.165) is 0 Å². The molecule has 0 saturated carbocycles. The summed E-state index contributed by atoms with van der Waals surface area (Å²) in [5.41, 5.74) is 2.17. The Morgan fingerprint density at radius 2 is 1.38 bits per heavy atom. The van der Waals surface area contributed by atoms with Crippen molar-refractivity contribution in [3.8, 4) is 11.5 Å². The van der Waals surface area contributed by atoms with Crippen LogP contribution in [0.5, 0.6) is 11.5 Å². The molecule has 3 aromatic rings. The molecular weight excluding hydrogens is 328 g/mol. The summed E-state index contributed by atoms with van der Waals surface area (Å²) >= 11 is 0. The van der Waals surface area contributed by atoms with Crippen LogP contribution >= 0.6 is 0 Å². The molecule has 5 nitrogen and oxygen atoms in total. The Hall–Kier alpha value is -3.47. The zero-order valence-electron chi connectivity index (χ0n) is 14.0. The monoisotopic (exact) mass is 344 g/mol. The fraction of sp³-hybridized carbons (Fsp3) is 0.0952. The number of ether oxygens (including phenoxy) is 2. The molecule has 0 saturated heterocycles. The molecule has 0 radical (unpaired) electrons. The van der Waals surface area contributed by atoms with E-state index in [1.54, 1.807) is 24.3 Å². The van der Waals surface area contributed by atoms with Gasteiger partial charge in [-0.2, -0.15) is 5.11 Å². The summed E-state index contributed by atoms with van der Waals surface area (Å²) in [5.74, 6) is 0.988. The lowest BCUT2D eigenvalue weighted by Crippen LogP contribution is -2.16. The molecule has 0 spiro atoms. The highest BCUT2D eigenvalue weighted by molar-refractivity contribution is 6.12. The molecule has 3 aromatic carbocycles. The highest BCUT2D eigenvalue weighted by atomic mass is 16.6. The number of benzene rings is 3. The van der Waals surface area contributed by atoms with Gasteiger partial charge in [-0.1, -0.05) is 48.5 Å². The first kappa shape index (κ1) is 16.0. The van der Waals surface area contributed by atoms with E-state index in [2.05, 4.69) is 10.2 Å². The van der Waals surface area contributed by atoms with Crippen LogP contribution in [0.4, 0.5) is 11.4 Å². The first-order valence-corrected chi connectivity index (χ1v) is 8.31. The van der Waals surface area contributed by atoms with Crippen LogP contribution in [-0.4, -0.2) is 19.0 Å². The quantitative estimate of drug-likeness (QED) is 0.488. The normalized spacial score (nSPS) is 12.9. The van der Waals surface area contributed by atoms with Crippen LogP contribution in [0.2, 0.25) is 0 Å². The van der Waals surface area contributed by atoms with Gasteiger partial charge in [0.15, 0.2) is 17.3 Å². The molecule has 0 aliphatic carbocycles. The maximum atomic E-state index is 13.0. The summed E-state index contributed by atoms with van der Waals surface area (Å²) in [6.45, 7) is 0.922. The molecule has 0 unspecified atom stereocenters. The average Bonchev–Trinajstić information content (AvgIpc) is 2.72. The van der Waals surface area contributed by atoms with Gasteiger partial charge in [0, 0.05) is 11.6 Å². The third-order valence-electron chi connectivity index (χ3n) is 3.97.